The molecule has 1 aromatic rings. The van der Waals surface area contributed by atoms with Crippen molar-refractivity contribution in [3.05, 3.63) is 65.5 Å². The molecule has 0 saturated heterocycles. The maximum Gasteiger partial charge on any atom is 0.140 e. The van der Waals surface area contributed by atoms with Crippen molar-refractivity contribution in [1.29, 1.82) is 0 Å². The molecule has 2 heterocycles. The Morgan fingerprint density at radius 3 is 2.87 bits per heavy atom. The molecule has 0 saturated carbocycles. The van der Waals surface area contributed by atoms with Crippen LogP contribution in [0.5, 0.6) is 5.75 Å². The Morgan fingerprint density at radius 1 is 1.39 bits per heavy atom. The van der Waals surface area contributed by atoms with Crippen molar-refractivity contribution < 1.29 is 5.11 Å². The number of hydrogen-bond acceptors (Lipinski definition) is 5. The highest BCUT2D eigenvalue weighted by Crippen LogP contribution is 2.22. The van der Waals surface area contributed by atoms with Crippen LogP contribution in [0.3, 0.4) is 0 Å². The van der Waals surface area contributed by atoms with Gasteiger partial charge in [0, 0.05) is 25.0 Å². The number of phenolic OH excluding ortho intramolecular Hbond substituents is 1. The van der Waals surface area contributed by atoms with Crippen molar-refractivity contribution in [3.63, 3.8) is 0 Å². The van der Waals surface area contributed by atoms with Gasteiger partial charge < -0.3 is 14.9 Å². The van der Waals surface area contributed by atoms with Crippen LogP contribution in [0.2, 0.25) is 0 Å². The van der Waals surface area contributed by atoms with Crippen LogP contribution in [-0.2, 0) is 6.54 Å². The predicted molar refractivity (Wildman–Crippen MR) is 92.4 cm³/mol. The van der Waals surface area contributed by atoms with Gasteiger partial charge in [-0.1, -0.05) is 18.2 Å². The SMILES string of the molecule is CC1=NNC2C=CC=C(/C=C(/C)N(C)Cc3ccc(O)cc3)N12. The number of benzene rings is 1. The fraction of sp³-hybridized carbons (Fsp3) is 0.278. The Morgan fingerprint density at radius 2 is 2.13 bits per heavy atom. The van der Waals surface area contributed by atoms with E-state index < -0.39 is 0 Å². The van der Waals surface area contributed by atoms with Gasteiger partial charge in [0.15, 0.2) is 0 Å². The molecule has 3 rings (SSSR count). The van der Waals surface area contributed by atoms with Crippen molar-refractivity contribution in [2.24, 2.45) is 5.10 Å². The highest BCUT2D eigenvalue weighted by Gasteiger charge is 2.26. The molecule has 0 radical (unpaired) electrons. The van der Waals surface area contributed by atoms with Crippen LogP contribution in [0.4, 0.5) is 0 Å². The summed E-state index contributed by atoms with van der Waals surface area (Å²) in [6, 6.07) is 7.33. The molecule has 0 amide bonds. The number of hydrazone groups is 1. The third kappa shape index (κ3) is 3.23. The van der Waals surface area contributed by atoms with E-state index in [1.807, 2.05) is 19.1 Å². The van der Waals surface area contributed by atoms with Gasteiger partial charge in [-0.2, -0.15) is 5.10 Å². The van der Waals surface area contributed by atoms with E-state index in [9.17, 15) is 5.11 Å². The molecule has 1 aromatic carbocycles. The van der Waals surface area contributed by atoms with Gasteiger partial charge in [-0.3, -0.25) is 5.43 Å². The second-order valence-corrected chi connectivity index (χ2v) is 5.89. The molecule has 120 valence electrons. The zero-order chi connectivity index (χ0) is 16.4. The van der Waals surface area contributed by atoms with Crippen LogP contribution < -0.4 is 5.43 Å². The molecular weight excluding hydrogens is 288 g/mol. The number of rotatable bonds is 4. The molecule has 0 fully saturated rings. The molecule has 23 heavy (non-hydrogen) atoms. The zero-order valence-electron chi connectivity index (χ0n) is 13.7. The highest BCUT2D eigenvalue weighted by atomic mass is 16.3. The van der Waals surface area contributed by atoms with E-state index in [2.05, 4.69) is 58.6 Å². The first-order valence-corrected chi connectivity index (χ1v) is 7.69. The van der Waals surface area contributed by atoms with Gasteiger partial charge in [0.2, 0.25) is 0 Å². The lowest BCUT2D eigenvalue weighted by molar-refractivity contribution is 0.399. The summed E-state index contributed by atoms with van der Waals surface area (Å²) in [4.78, 5) is 4.37. The Balaban J connectivity index is 1.73. The largest absolute Gasteiger partial charge is 0.508 e. The first-order chi connectivity index (χ1) is 11.0. The monoisotopic (exact) mass is 310 g/mol. The van der Waals surface area contributed by atoms with E-state index in [1.54, 1.807) is 12.1 Å². The third-order valence-electron chi connectivity index (χ3n) is 4.14. The number of nitrogens with zero attached hydrogens (tertiary/aromatic N) is 3. The summed E-state index contributed by atoms with van der Waals surface area (Å²) in [6.45, 7) is 4.90. The van der Waals surface area contributed by atoms with Crippen molar-refractivity contribution in [3.8, 4) is 5.75 Å². The molecule has 1 atom stereocenters. The van der Waals surface area contributed by atoms with Crippen LogP contribution in [0.25, 0.3) is 0 Å². The first-order valence-electron chi connectivity index (χ1n) is 7.69. The number of amidine groups is 1. The molecule has 1 unspecified atom stereocenters. The van der Waals surface area contributed by atoms with Crippen molar-refractivity contribution in [2.45, 2.75) is 26.6 Å². The molecule has 5 heteroatoms. The Bertz CT molecular complexity index is 700. The predicted octanol–water partition coefficient (Wildman–Crippen LogP) is 2.75. The van der Waals surface area contributed by atoms with E-state index in [1.165, 1.54) is 0 Å². The number of hydrogen-bond donors (Lipinski definition) is 2. The Hall–Kier alpha value is -2.69. The van der Waals surface area contributed by atoms with E-state index in [0.717, 1.165) is 29.3 Å². The van der Waals surface area contributed by atoms with E-state index >= 15 is 0 Å². The van der Waals surface area contributed by atoms with Gasteiger partial charge in [-0.15, -0.1) is 0 Å². The summed E-state index contributed by atoms with van der Waals surface area (Å²) in [7, 11) is 2.07. The highest BCUT2D eigenvalue weighted by molar-refractivity contribution is 5.84. The summed E-state index contributed by atoms with van der Waals surface area (Å²) >= 11 is 0. The second-order valence-electron chi connectivity index (χ2n) is 5.89. The van der Waals surface area contributed by atoms with Gasteiger partial charge in [0.1, 0.15) is 17.8 Å². The maximum atomic E-state index is 9.37. The molecule has 5 nitrogen and oxygen atoms in total. The van der Waals surface area contributed by atoms with Crippen molar-refractivity contribution in [1.82, 2.24) is 15.2 Å². The summed E-state index contributed by atoms with van der Waals surface area (Å²) in [5.74, 6) is 1.26. The van der Waals surface area contributed by atoms with E-state index in [4.69, 9.17) is 0 Å². The molecule has 2 aliphatic rings. The minimum Gasteiger partial charge on any atom is -0.508 e. The number of phenols is 1. The average molecular weight is 310 g/mol. The molecular formula is C18H22N4O. The lowest BCUT2D eigenvalue weighted by Crippen LogP contribution is -2.38. The normalized spacial score (nSPS) is 19.9. The summed E-state index contributed by atoms with van der Waals surface area (Å²) < 4.78 is 0. The molecule has 0 bridgehead atoms. The number of nitrogens with one attached hydrogen (secondary N) is 1. The minimum atomic E-state index is 0.112. The molecule has 0 aliphatic carbocycles. The first kappa shape index (κ1) is 15.2. The lowest BCUT2D eigenvalue weighted by atomic mass is 10.1. The third-order valence-corrected chi connectivity index (χ3v) is 4.14. The molecule has 2 N–H and O–H groups in total. The minimum absolute atomic E-state index is 0.112. The fourth-order valence-electron chi connectivity index (χ4n) is 2.73. The van der Waals surface area contributed by atoms with Gasteiger partial charge >= 0.3 is 0 Å². The standard InChI is InChI=1S/C18H22N4O/c1-13(21(3)12-15-7-9-17(23)10-8-15)11-16-5-4-6-18-20-19-14(2)22(16)18/h4-11,18,20,23H,12H2,1-3H3/b13-11-. The zero-order valence-corrected chi connectivity index (χ0v) is 13.7. The lowest BCUT2D eigenvalue weighted by Gasteiger charge is -2.29. The van der Waals surface area contributed by atoms with E-state index in [-0.39, 0.29) is 6.17 Å². The van der Waals surface area contributed by atoms with Crippen LogP contribution in [0.15, 0.2) is 65.1 Å². The van der Waals surface area contributed by atoms with Gasteiger partial charge in [-0.25, -0.2) is 0 Å². The van der Waals surface area contributed by atoms with Gasteiger partial charge in [0.05, 0.1) is 0 Å². The Labute approximate surface area is 136 Å². The summed E-state index contributed by atoms with van der Waals surface area (Å²) in [6.07, 6.45) is 8.53. The van der Waals surface area contributed by atoms with Crippen LogP contribution >= 0.6 is 0 Å². The number of aromatic hydroxyl groups is 1. The average Bonchev–Trinajstić information content (AvgIpc) is 2.92. The number of fused-ring (bicyclic) bond motifs is 1. The van der Waals surface area contributed by atoms with Gasteiger partial charge in [-0.05, 0) is 49.8 Å². The van der Waals surface area contributed by atoms with Crippen LogP contribution in [0, 0.1) is 0 Å². The second kappa shape index (κ2) is 6.20. The molecule has 0 spiro atoms. The smallest absolute Gasteiger partial charge is 0.140 e. The van der Waals surface area contributed by atoms with Gasteiger partial charge in [0.25, 0.3) is 0 Å². The topological polar surface area (TPSA) is 51.1 Å². The maximum absolute atomic E-state index is 9.37. The fourth-order valence-corrected chi connectivity index (χ4v) is 2.73. The quantitative estimate of drug-likeness (QED) is 0.898. The Kier molecular flexibility index (Phi) is 4.10. The van der Waals surface area contributed by atoms with Crippen LogP contribution in [0.1, 0.15) is 19.4 Å². The van der Waals surface area contributed by atoms with Crippen molar-refractivity contribution in [2.75, 3.05) is 7.05 Å². The molecule has 2 aliphatic heterocycles. The van der Waals surface area contributed by atoms with E-state index in [0.29, 0.717) is 5.75 Å². The summed E-state index contributed by atoms with van der Waals surface area (Å²) in [5, 5.41) is 13.7. The summed E-state index contributed by atoms with van der Waals surface area (Å²) in [5.41, 5.74) is 6.56. The molecule has 0 aromatic heterocycles. The van der Waals surface area contributed by atoms with Crippen LogP contribution in [-0.4, -0.2) is 34.0 Å². The van der Waals surface area contributed by atoms with Crippen molar-refractivity contribution >= 4 is 5.84 Å². The number of allylic oxidation sites excluding steroid dienone is 4.